The van der Waals surface area contributed by atoms with Crippen molar-refractivity contribution in [3.8, 4) is 11.5 Å². The number of fused-ring (bicyclic) bond motifs is 1. The molecular weight excluding hydrogens is 426 g/mol. The Hall–Kier alpha value is -2.44. The second-order valence-electron chi connectivity index (χ2n) is 10.4. The third kappa shape index (κ3) is 3.91. The maximum atomic E-state index is 6.67. The highest BCUT2D eigenvalue weighted by atomic mass is 16.5. The molecule has 2 aromatic carbocycles. The second-order valence-corrected chi connectivity index (χ2v) is 10.4. The van der Waals surface area contributed by atoms with Crippen LogP contribution in [0.1, 0.15) is 42.1 Å². The molecule has 3 aliphatic heterocycles. The standard InChI is InChI=1S/C28H39N3O3/c1-19-20(2)26-24(27(28(4,5)34-26)31-15-17-33-18-16-31)21(3)25(19)30-13-11-29(12-14-30)22-7-9-23(32-6)10-8-22/h7-10,27H,11-18H2,1-6H3. The fourth-order valence-corrected chi connectivity index (χ4v) is 6.17. The first-order chi connectivity index (χ1) is 16.3. The van der Waals surface area contributed by atoms with Gasteiger partial charge in [0.2, 0.25) is 0 Å². The van der Waals surface area contributed by atoms with Gasteiger partial charge >= 0.3 is 0 Å². The van der Waals surface area contributed by atoms with Crippen LogP contribution in [0.3, 0.4) is 0 Å². The molecule has 0 saturated carbocycles. The number of benzene rings is 2. The summed E-state index contributed by atoms with van der Waals surface area (Å²) in [6.07, 6.45) is 0. The number of morpholine rings is 1. The Morgan fingerprint density at radius 1 is 0.824 bits per heavy atom. The molecule has 6 nitrogen and oxygen atoms in total. The third-order valence-corrected chi connectivity index (χ3v) is 8.00. The molecule has 0 radical (unpaired) electrons. The van der Waals surface area contributed by atoms with Crippen molar-refractivity contribution in [3.63, 3.8) is 0 Å². The van der Waals surface area contributed by atoms with E-state index >= 15 is 0 Å². The number of hydrogen-bond acceptors (Lipinski definition) is 6. The van der Waals surface area contributed by atoms with Gasteiger partial charge in [0.25, 0.3) is 0 Å². The maximum Gasteiger partial charge on any atom is 0.128 e. The van der Waals surface area contributed by atoms with Crippen LogP contribution in [-0.2, 0) is 4.74 Å². The minimum Gasteiger partial charge on any atom is -0.497 e. The van der Waals surface area contributed by atoms with E-state index in [9.17, 15) is 0 Å². The summed E-state index contributed by atoms with van der Waals surface area (Å²) in [6, 6.07) is 8.68. The van der Waals surface area contributed by atoms with E-state index in [-0.39, 0.29) is 11.6 Å². The Kier molecular flexibility index (Phi) is 6.15. The first-order valence-electron chi connectivity index (χ1n) is 12.6. The average molecular weight is 466 g/mol. The van der Waals surface area contributed by atoms with Crippen LogP contribution < -0.4 is 19.3 Å². The molecule has 1 unspecified atom stereocenters. The normalized spacial score (nSPS) is 22.5. The van der Waals surface area contributed by atoms with Crippen molar-refractivity contribution < 1.29 is 14.2 Å². The zero-order valence-corrected chi connectivity index (χ0v) is 21.6. The van der Waals surface area contributed by atoms with Crippen LogP contribution >= 0.6 is 0 Å². The summed E-state index contributed by atoms with van der Waals surface area (Å²) in [5, 5.41) is 0. The van der Waals surface area contributed by atoms with E-state index in [1.165, 1.54) is 33.6 Å². The lowest BCUT2D eigenvalue weighted by Gasteiger charge is -2.40. The number of nitrogens with zero attached hydrogens (tertiary/aromatic N) is 3. The Balaban J connectivity index is 1.44. The van der Waals surface area contributed by atoms with Crippen molar-refractivity contribution in [1.82, 2.24) is 4.90 Å². The Morgan fingerprint density at radius 3 is 2.06 bits per heavy atom. The fourth-order valence-electron chi connectivity index (χ4n) is 6.17. The SMILES string of the molecule is COc1ccc(N2CCN(c3c(C)c(C)c4c(c3C)C(N3CCOCC3)C(C)(C)O4)CC2)cc1. The third-order valence-electron chi connectivity index (χ3n) is 8.00. The summed E-state index contributed by atoms with van der Waals surface area (Å²) in [6.45, 7) is 18.9. The predicted molar refractivity (Wildman–Crippen MR) is 138 cm³/mol. The molecule has 0 spiro atoms. The number of methoxy groups -OCH3 is 1. The number of rotatable bonds is 4. The highest BCUT2D eigenvalue weighted by Gasteiger charge is 2.47. The molecule has 0 amide bonds. The zero-order chi connectivity index (χ0) is 24.0. The van der Waals surface area contributed by atoms with Gasteiger partial charge < -0.3 is 24.0 Å². The molecule has 3 heterocycles. The van der Waals surface area contributed by atoms with Crippen LogP contribution in [-0.4, -0.2) is 70.1 Å². The Morgan fingerprint density at radius 2 is 1.44 bits per heavy atom. The number of ether oxygens (including phenoxy) is 3. The average Bonchev–Trinajstić information content (AvgIpc) is 3.15. The molecule has 6 heteroatoms. The minimum absolute atomic E-state index is 0.255. The van der Waals surface area contributed by atoms with E-state index in [0.29, 0.717) is 0 Å². The van der Waals surface area contributed by atoms with E-state index in [1.807, 2.05) is 12.1 Å². The van der Waals surface area contributed by atoms with E-state index in [2.05, 4.69) is 61.5 Å². The Labute approximate surface area is 204 Å². The predicted octanol–water partition coefficient (Wildman–Crippen LogP) is 4.49. The molecule has 0 N–H and O–H groups in total. The van der Waals surface area contributed by atoms with Gasteiger partial charge in [-0.3, -0.25) is 4.90 Å². The van der Waals surface area contributed by atoms with Gasteiger partial charge in [-0.25, -0.2) is 0 Å². The molecular formula is C28H39N3O3. The molecule has 2 aromatic rings. The topological polar surface area (TPSA) is 37.4 Å². The lowest BCUT2D eigenvalue weighted by atomic mass is 9.86. The maximum absolute atomic E-state index is 6.67. The molecule has 0 aliphatic carbocycles. The van der Waals surface area contributed by atoms with E-state index in [0.717, 1.165) is 64.0 Å². The van der Waals surface area contributed by atoms with Crippen molar-refractivity contribution >= 4 is 11.4 Å². The Bertz CT molecular complexity index is 1040. The first kappa shape index (κ1) is 23.3. The molecule has 0 bridgehead atoms. The van der Waals surface area contributed by atoms with Gasteiger partial charge in [0, 0.05) is 56.2 Å². The van der Waals surface area contributed by atoms with Crippen molar-refractivity contribution in [3.05, 3.63) is 46.5 Å². The lowest BCUT2D eigenvalue weighted by Crippen LogP contribution is -2.48. The molecule has 3 aliphatic rings. The largest absolute Gasteiger partial charge is 0.497 e. The number of hydrogen-bond donors (Lipinski definition) is 0. The van der Waals surface area contributed by atoms with Crippen LogP contribution in [0, 0.1) is 20.8 Å². The second kappa shape index (κ2) is 8.97. The summed E-state index contributed by atoms with van der Waals surface area (Å²) in [7, 11) is 1.72. The highest BCUT2D eigenvalue weighted by Crippen LogP contribution is 2.53. The fraction of sp³-hybridized carbons (Fsp3) is 0.571. The van der Waals surface area contributed by atoms with Crippen molar-refractivity contribution in [2.24, 2.45) is 0 Å². The number of anilines is 2. The summed E-state index contributed by atoms with van der Waals surface area (Å²) >= 11 is 0. The van der Waals surface area contributed by atoms with E-state index < -0.39 is 0 Å². The van der Waals surface area contributed by atoms with Gasteiger partial charge in [-0.05, 0) is 75.6 Å². The molecule has 1 atom stereocenters. The highest BCUT2D eigenvalue weighted by molar-refractivity contribution is 5.71. The first-order valence-corrected chi connectivity index (χ1v) is 12.6. The smallest absolute Gasteiger partial charge is 0.128 e. The van der Waals surface area contributed by atoms with Crippen LogP contribution in [0.2, 0.25) is 0 Å². The zero-order valence-electron chi connectivity index (χ0n) is 21.6. The molecule has 2 fully saturated rings. The van der Waals surface area contributed by atoms with Crippen molar-refractivity contribution in [2.45, 2.75) is 46.3 Å². The van der Waals surface area contributed by atoms with Gasteiger partial charge in [0.15, 0.2) is 0 Å². The minimum atomic E-state index is -0.257. The summed E-state index contributed by atoms with van der Waals surface area (Å²) in [4.78, 5) is 7.64. The summed E-state index contributed by atoms with van der Waals surface area (Å²) in [5.41, 5.74) is 7.84. The molecule has 2 saturated heterocycles. The monoisotopic (exact) mass is 465 g/mol. The van der Waals surface area contributed by atoms with Gasteiger partial charge in [-0.15, -0.1) is 0 Å². The summed E-state index contributed by atoms with van der Waals surface area (Å²) < 4.78 is 17.7. The molecule has 184 valence electrons. The van der Waals surface area contributed by atoms with Gasteiger partial charge in [0.05, 0.1) is 26.4 Å². The van der Waals surface area contributed by atoms with Crippen LogP contribution in [0.4, 0.5) is 11.4 Å². The van der Waals surface area contributed by atoms with Crippen molar-refractivity contribution in [2.75, 3.05) is 69.4 Å². The quantitative estimate of drug-likeness (QED) is 0.662. The van der Waals surface area contributed by atoms with Gasteiger partial charge in [0.1, 0.15) is 17.1 Å². The molecule has 5 rings (SSSR count). The van der Waals surface area contributed by atoms with E-state index in [4.69, 9.17) is 14.2 Å². The van der Waals surface area contributed by atoms with Crippen LogP contribution in [0.5, 0.6) is 11.5 Å². The summed E-state index contributed by atoms with van der Waals surface area (Å²) in [5.74, 6) is 2.01. The van der Waals surface area contributed by atoms with Crippen LogP contribution in [0.15, 0.2) is 24.3 Å². The molecule has 0 aromatic heterocycles. The lowest BCUT2D eigenvalue weighted by molar-refractivity contribution is -0.0310. The van der Waals surface area contributed by atoms with Gasteiger partial charge in [-0.1, -0.05) is 0 Å². The molecule has 34 heavy (non-hydrogen) atoms. The van der Waals surface area contributed by atoms with Crippen molar-refractivity contribution in [1.29, 1.82) is 0 Å². The van der Waals surface area contributed by atoms with Crippen LogP contribution in [0.25, 0.3) is 0 Å². The van der Waals surface area contributed by atoms with E-state index in [1.54, 1.807) is 7.11 Å². The number of piperazine rings is 1. The van der Waals surface area contributed by atoms with Gasteiger partial charge in [-0.2, -0.15) is 0 Å².